The van der Waals surface area contributed by atoms with Crippen LogP contribution in [0.15, 0.2) is 40.4 Å². The molecule has 1 atom stereocenters. The Morgan fingerprint density at radius 2 is 2.05 bits per heavy atom. The van der Waals surface area contributed by atoms with Gasteiger partial charge in [-0.15, -0.1) is 0 Å². The van der Waals surface area contributed by atoms with E-state index in [0.717, 1.165) is 34.2 Å². The van der Waals surface area contributed by atoms with Gasteiger partial charge >= 0.3 is 0 Å². The van der Waals surface area contributed by atoms with E-state index in [1.54, 1.807) is 13.2 Å². The molecule has 1 radical (unpaired) electrons. The first-order valence-electron chi connectivity index (χ1n) is 7.16. The SMILES string of the molecule is C=C1C=C(C)CC(C)(C)C1Cc1cc(OC)c(Br)cc1O.[Ac]. The van der Waals surface area contributed by atoms with E-state index in [1.807, 2.05) is 6.07 Å². The summed E-state index contributed by atoms with van der Waals surface area (Å²) in [7, 11) is 1.64. The number of aromatic hydroxyl groups is 1. The standard InChI is InChI=1S/C18H23BrO2.Ac/c1-11-6-12(2)14(18(3,4)10-11)7-13-8-17(21-5)15(19)9-16(13)20;/h6,8-9,14,20H,2,7,10H2,1,3-5H3;. The molecule has 0 bridgehead atoms. The summed E-state index contributed by atoms with van der Waals surface area (Å²) in [4.78, 5) is 0. The third-order valence-electron chi connectivity index (χ3n) is 4.33. The maximum atomic E-state index is 10.2. The van der Waals surface area contributed by atoms with E-state index < -0.39 is 0 Å². The van der Waals surface area contributed by atoms with E-state index in [0.29, 0.717) is 11.7 Å². The second kappa shape index (κ2) is 7.86. The minimum atomic E-state index is 0. The van der Waals surface area contributed by atoms with Crippen molar-refractivity contribution < 1.29 is 53.9 Å². The summed E-state index contributed by atoms with van der Waals surface area (Å²) in [5.41, 5.74) is 3.56. The molecule has 0 spiro atoms. The molecular weight excluding hydrogens is 555 g/mol. The summed E-state index contributed by atoms with van der Waals surface area (Å²) < 4.78 is 6.10. The summed E-state index contributed by atoms with van der Waals surface area (Å²) in [5, 5.41) is 10.2. The van der Waals surface area contributed by atoms with Gasteiger partial charge in [0.05, 0.1) is 11.6 Å². The largest absolute Gasteiger partial charge is 0.508 e. The quantitative estimate of drug-likeness (QED) is 0.531. The molecule has 0 aromatic heterocycles. The Morgan fingerprint density at radius 3 is 2.59 bits per heavy atom. The molecule has 0 saturated heterocycles. The molecule has 1 unspecified atom stereocenters. The summed E-state index contributed by atoms with van der Waals surface area (Å²) in [5.74, 6) is 1.37. The van der Waals surface area contributed by atoms with E-state index in [1.165, 1.54) is 5.57 Å². The fourth-order valence-corrected chi connectivity index (χ4v) is 3.84. The fraction of sp³-hybridized carbons (Fsp3) is 0.444. The Kier molecular flexibility index (Phi) is 7.24. The minimum Gasteiger partial charge on any atom is -0.508 e. The van der Waals surface area contributed by atoms with Crippen LogP contribution in [0.25, 0.3) is 0 Å². The molecule has 4 heteroatoms. The van der Waals surface area contributed by atoms with Crippen LogP contribution in [-0.4, -0.2) is 12.2 Å². The number of benzene rings is 1. The zero-order valence-electron chi connectivity index (χ0n) is 13.7. The van der Waals surface area contributed by atoms with Gasteiger partial charge in [-0.1, -0.05) is 37.6 Å². The topological polar surface area (TPSA) is 29.5 Å². The van der Waals surface area contributed by atoms with Gasteiger partial charge in [0.1, 0.15) is 11.5 Å². The number of phenolic OH excluding ortho intramolecular Hbond substituents is 1. The van der Waals surface area contributed by atoms with Crippen molar-refractivity contribution in [2.24, 2.45) is 11.3 Å². The first kappa shape index (κ1) is 20.3. The van der Waals surface area contributed by atoms with Gasteiger partial charge in [0.2, 0.25) is 0 Å². The van der Waals surface area contributed by atoms with E-state index in [-0.39, 0.29) is 49.5 Å². The molecule has 0 heterocycles. The Labute approximate surface area is 177 Å². The summed E-state index contributed by atoms with van der Waals surface area (Å²) >= 11 is 3.40. The molecule has 1 aromatic carbocycles. The van der Waals surface area contributed by atoms with Crippen LogP contribution in [-0.2, 0) is 6.42 Å². The number of hydrogen-bond donors (Lipinski definition) is 1. The predicted molar refractivity (Wildman–Crippen MR) is 90.8 cm³/mol. The van der Waals surface area contributed by atoms with Crippen LogP contribution < -0.4 is 4.74 Å². The maximum absolute atomic E-state index is 10.2. The molecular formula is C18H23AcBrO2. The van der Waals surface area contributed by atoms with Gasteiger partial charge in [-0.05, 0) is 64.7 Å². The van der Waals surface area contributed by atoms with Gasteiger partial charge in [0, 0.05) is 44.1 Å². The second-order valence-corrected chi connectivity index (χ2v) is 7.46. The van der Waals surface area contributed by atoms with E-state index in [4.69, 9.17) is 4.74 Å². The molecule has 2 rings (SSSR count). The van der Waals surface area contributed by atoms with Crippen LogP contribution in [0.4, 0.5) is 0 Å². The Morgan fingerprint density at radius 1 is 1.41 bits per heavy atom. The zero-order valence-corrected chi connectivity index (χ0v) is 20.1. The van der Waals surface area contributed by atoms with Crippen molar-refractivity contribution in [3.8, 4) is 11.5 Å². The molecule has 1 aliphatic rings. The zero-order chi connectivity index (χ0) is 15.8. The van der Waals surface area contributed by atoms with Gasteiger partial charge < -0.3 is 9.84 Å². The van der Waals surface area contributed by atoms with Crippen molar-refractivity contribution in [2.45, 2.75) is 33.6 Å². The Bertz CT molecular complexity index is 605. The van der Waals surface area contributed by atoms with Crippen molar-refractivity contribution in [2.75, 3.05) is 7.11 Å². The van der Waals surface area contributed by atoms with Crippen LogP contribution in [0, 0.1) is 55.4 Å². The summed E-state index contributed by atoms with van der Waals surface area (Å²) in [6.07, 6.45) is 4.01. The van der Waals surface area contributed by atoms with E-state index in [9.17, 15) is 5.11 Å². The van der Waals surface area contributed by atoms with Crippen molar-refractivity contribution in [1.29, 1.82) is 0 Å². The van der Waals surface area contributed by atoms with Crippen LogP contribution in [0.2, 0.25) is 0 Å². The van der Waals surface area contributed by atoms with E-state index in [2.05, 4.69) is 49.4 Å². The van der Waals surface area contributed by atoms with Crippen molar-refractivity contribution in [1.82, 2.24) is 0 Å². The van der Waals surface area contributed by atoms with Gasteiger partial charge in [0.15, 0.2) is 0 Å². The third kappa shape index (κ3) is 4.40. The monoisotopic (exact) mass is 577 g/mol. The number of allylic oxidation sites excluding steroid dienone is 3. The first-order valence-corrected chi connectivity index (χ1v) is 7.95. The van der Waals surface area contributed by atoms with Crippen LogP contribution in [0.1, 0.15) is 32.8 Å². The Hall–Kier alpha value is 0.222. The molecule has 0 saturated carbocycles. The van der Waals surface area contributed by atoms with Crippen LogP contribution in [0.5, 0.6) is 11.5 Å². The second-order valence-electron chi connectivity index (χ2n) is 6.60. The first-order chi connectivity index (χ1) is 9.74. The minimum absolute atomic E-state index is 0. The van der Waals surface area contributed by atoms with Gasteiger partial charge in [0.25, 0.3) is 0 Å². The van der Waals surface area contributed by atoms with E-state index >= 15 is 0 Å². The number of ether oxygens (including phenoxy) is 1. The summed E-state index contributed by atoms with van der Waals surface area (Å²) in [6, 6.07) is 3.61. The molecule has 2 nitrogen and oxygen atoms in total. The average Bonchev–Trinajstić information content (AvgIpc) is 2.35. The molecule has 0 amide bonds. The molecule has 1 aromatic rings. The third-order valence-corrected chi connectivity index (χ3v) is 4.95. The number of hydrogen-bond acceptors (Lipinski definition) is 2. The van der Waals surface area contributed by atoms with Crippen molar-refractivity contribution >= 4 is 15.9 Å². The molecule has 0 fully saturated rings. The summed E-state index contributed by atoms with van der Waals surface area (Å²) in [6.45, 7) is 10.9. The van der Waals surface area contributed by atoms with Crippen LogP contribution in [0.3, 0.4) is 0 Å². The normalized spacial score (nSPS) is 20.1. The van der Waals surface area contributed by atoms with Gasteiger partial charge in [-0.25, -0.2) is 0 Å². The number of rotatable bonds is 3. The fourth-order valence-electron chi connectivity index (χ4n) is 3.34. The predicted octanol–water partition coefficient (Wildman–Crippen LogP) is 5.25. The average molecular weight is 578 g/mol. The van der Waals surface area contributed by atoms with Crippen molar-refractivity contribution in [3.05, 3.63) is 46.0 Å². The maximum Gasteiger partial charge on any atom is 0.133 e. The smallest absolute Gasteiger partial charge is 0.133 e. The number of halogens is 1. The van der Waals surface area contributed by atoms with Gasteiger partial charge in [-0.3, -0.25) is 0 Å². The van der Waals surface area contributed by atoms with Gasteiger partial charge in [-0.2, -0.15) is 0 Å². The van der Waals surface area contributed by atoms with Crippen LogP contribution >= 0.6 is 15.9 Å². The number of methoxy groups -OCH3 is 1. The molecule has 22 heavy (non-hydrogen) atoms. The Balaban J connectivity index is 0.00000242. The van der Waals surface area contributed by atoms with Crippen molar-refractivity contribution in [3.63, 3.8) is 0 Å². The molecule has 1 aliphatic carbocycles. The molecule has 0 aliphatic heterocycles. The molecule has 117 valence electrons. The molecule has 1 N–H and O–H groups in total. The number of phenols is 1.